The number of rotatable bonds is 4. The first-order valence-electron chi connectivity index (χ1n) is 8.39. The summed E-state index contributed by atoms with van der Waals surface area (Å²) in [4.78, 5) is 12.8. The molecule has 0 N–H and O–H groups in total. The van der Waals surface area contributed by atoms with Crippen LogP contribution in [-0.4, -0.2) is 10.7 Å². The van der Waals surface area contributed by atoms with E-state index in [2.05, 4.69) is 0 Å². The van der Waals surface area contributed by atoms with Gasteiger partial charge in [-0.05, 0) is 17.2 Å². The second-order valence-electron chi connectivity index (χ2n) is 6.25. The topological polar surface area (TPSA) is 45.8 Å². The zero-order chi connectivity index (χ0) is 21.2. The van der Waals surface area contributed by atoms with Crippen LogP contribution in [0.1, 0.15) is 16.7 Å². The maximum atomic E-state index is 14.1. The van der Waals surface area contributed by atoms with Crippen molar-refractivity contribution in [2.24, 2.45) is 0 Å². The summed E-state index contributed by atoms with van der Waals surface area (Å²) in [6.07, 6.45) is -5.95. The van der Waals surface area contributed by atoms with Gasteiger partial charge in [-0.15, -0.1) is 0 Å². The van der Waals surface area contributed by atoms with Crippen molar-refractivity contribution in [3.05, 3.63) is 93.8 Å². The van der Waals surface area contributed by atoms with Crippen LogP contribution in [0, 0.1) is 11.3 Å². The number of nitrogens with zero attached hydrogens (tertiary/aromatic N) is 2. The second-order valence-corrected chi connectivity index (χ2v) is 6.25. The first-order valence-corrected chi connectivity index (χ1v) is 8.39. The number of pyridine rings is 1. The van der Waals surface area contributed by atoms with Crippen molar-refractivity contribution in [1.82, 2.24) is 4.57 Å². The first-order chi connectivity index (χ1) is 13.7. The van der Waals surface area contributed by atoms with E-state index >= 15 is 0 Å². The number of nitriles is 1. The Kier molecular flexibility index (Phi) is 5.25. The van der Waals surface area contributed by atoms with Gasteiger partial charge in [-0.25, -0.2) is 0 Å². The zero-order valence-electron chi connectivity index (χ0n) is 14.8. The summed E-state index contributed by atoms with van der Waals surface area (Å²) >= 11 is 0. The number of benzene rings is 2. The van der Waals surface area contributed by atoms with E-state index in [9.17, 15) is 32.0 Å². The molecule has 0 saturated heterocycles. The van der Waals surface area contributed by atoms with Crippen LogP contribution < -0.4 is 5.56 Å². The van der Waals surface area contributed by atoms with Crippen LogP contribution >= 0.6 is 0 Å². The highest BCUT2D eigenvalue weighted by molar-refractivity contribution is 5.63. The molecule has 148 valence electrons. The molecule has 0 radical (unpaired) electrons. The summed E-state index contributed by atoms with van der Waals surface area (Å²) in [6, 6.07) is 18.0. The molecule has 3 rings (SSSR count). The van der Waals surface area contributed by atoms with E-state index in [1.165, 1.54) is 18.2 Å². The minimum atomic E-state index is -5.95. The molecule has 0 atom stereocenters. The fourth-order valence-electron chi connectivity index (χ4n) is 2.93. The predicted molar refractivity (Wildman–Crippen MR) is 96.3 cm³/mol. The van der Waals surface area contributed by atoms with Gasteiger partial charge in [0.1, 0.15) is 11.6 Å². The number of aromatic nitrogens is 1. The second kappa shape index (κ2) is 7.51. The van der Waals surface area contributed by atoms with E-state index in [4.69, 9.17) is 0 Å². The Labute approximate surface area is 162 Å². The van der Waals surface area contributed by atoms with Crippen LogP contribution in [-0.2, 0) is 12.5 Å². The van der Waals surface area contributed by atoms with Gasteiger partial charge in [-0.1, -0.05) is 60.7 Å². The first kappa shape index (κ1) is 20.3. The van der Waals surface area contributed by atoms with Crippen molar-refractivity contribution in [3.63, 3.8) is 0 Å². The summed E-state index contributed by atoms with van der Waals surface area (Å²) < 4.78 is 68.2. The molecule has 29 heavy (non-hydrogen) atoms. The largest absolute Gasteiger partial charge is 0.458 e. The maximum absolute atomic E-state index is 14.1. The lowest BCUT2D eigenvalue weighted by Gasteiger charge is -2.23. The molecule has 3 aromatic rings. The lowest BCUT2D eigenvalue weighted by atomic mass is 9.99. The van der Waals surface area contributed by atoms with E-state index in [-0.39, 0.29) is 17.8 Å². The molecular formula is C21H13F5N2O. The zero-order valence-corrected chi connectivity index (χ0v) is 14.8. The molecule has 0 unspecified atom stereocenters. The molecule has 0 aliphatic rings. The van der Waals surface area contributed by atoms with E-state index in [1.807, 2.05) is 0 Å². The minimum absolute atomic E-state index is 0.101. The average Bonchev–Trinajstić information content (AvgIpc) is 2.69. The van der Waals surface area contributed by atoms with Gasteiger partial charge in [0.05, 0.1) is 17.8 Å². The Morgan fingerprint density at radius 2 is 1.45 bits per heavy atom. The molecule has 0 aliphatic carbocycles. The van der Waals surface area contributed by atoms with Crippen molar-refractivity contribution in [1.29, 1.82) is 5.26 Å². The minimum Gasteiger partial charge on any atom is -0.303 e. The van der Waals surface area contributed by atoms with Gasteiger partial charge in [0.15, 0.2) is 0 Å². The Morgan fingerprint density at radius 1 is 0.897 bits per heavy atom. The fraction of sp³-hybridized carbons (Fsp3) is 0.143. The predicted octanol–water partition coefficient (Wildman–Crippen LogP) is 5.09. The Hall–Kier alpha value is -3.47. The molecule has 0 amide bonds. The third kappa shape index (κ3) is 3.76. The smallest absolute Gasteiger partial charge is 0.303 e. The molecule has 0 bridgehead atoms. The van der Waals surface area contributed by atoms with Crippen LogP contribution in [0.3, 0.4) is 0 Å². The molecule has 1 heterocycles. The monoisotopic (exact) mass is 404 g/mol. The number of hydrogen-bond acceptors (Lipinski definition) is 2. The highest BCUT2D eigenvalue weighted by atomic mass is 19.4. The van der Waals surface area contributed by atoms with Crippen LogP contribution in [0.5, 0.6) is 0 Å². The summed E-state index contributed by atoms with van der Waals surface area (Å²) in [7, 11) is 0. The number of alkyl halides is 5. The van der Waals surface area contributed by atoms with E-state index in [0.717, 1.165) is 4.57 Å². The van der Waals surface area contributed by atoms with Crippen LogP contribution in [0.2, 0.25) is 0 Å². The van der Waals surface area contributed by atoms with Gasteiger partial charge in [0.25, 0.3) is 5.56 Å². The van der Waals surface area contributed by atoms with Crippen molar-refractivity contribution in [2.75, 3.05) is 0 Å². The van der Waals surface area contributed by atoms with Crippen molar-refractivity contribution >= 4 is 0 Å². The molecule has 0 saturated carbocycles. The molecule has 1 aromatic heterocycles. The lowest BCUT2D eigenvalue weighted by molar-refractivity contribution is -0.289. The highest BCUT2D eigenvalue weighted by Gasteiger charge is 2.60. The molecule has 3 nitrogen and oxygen atoms in total. The molecule has 0 spiro atoms. The molecule has 8 heteroatoms. The summed E-state index contributed by atoms with van der Waals surface area (Å²) in [5, 5.41) is 9.22. The summed E-state index contributed by atoms with van der Waals surface area (Å²) in [5.41, 5.74) is -3.35. The summed E-state index contributed by atoms with van der Waals surface area (Å²) in [6.45, 7) is -0.101. The molecular weight excluding hydrogens is 391 g/mol. The van der Waals surface area contributed by atoms with E-state index in [0.29, 0.717) is 11.6 Å². The van der Waals surface area contributed by atoms with Gasteiger partial charge in [-0.3, -0.25) is 4.79 Å². The van der Waals surface area contributed by atoms with Crippen LogP contribution in [0.15, 0.2) is 71.5 Å². The average molecular weight is 404 g/mol. The Balaban J connectivity index is 2.34. The molecule has 0 aliphatic heterocycles. The maximum Gasteiger partial charge on any atom is 0.458 e. The standard InChI is InChI=1S/C21H13F5N2O/c22-20(23,21(24,25)26)17-11-18(15-9-5-2-6-10-15)28(19(29)16(17)12-27)13-14-7-3-1-4-8-14/h1-11H,13H2. The van der Waals surface area contributed by atoms with Crippen molar-refractivity contribution < 1.29 is 22.0 Å². The molecule has 2 aromatic carbocycles. The van der Waals surface area contributed by atoms with Gasteiger partial charge < -0.3 is 4.57 Å². The number of hydrogen-bond donors (Lipinski definition) is 0. The van der Waals surface area contributed by atoms with Crippen LogP contribution in [0.25, 0.3) is 11.3 Å². The highest BCUT2D eigenvalue weighted by Crippen LogP contribution is 2.45. The lowest BCUT2D eigenvalue weighted by Crippen LogP contribution is -2.38. The van der Waals surface area contributed by atoms with Crippen molar-refractivity contribution in [3.8, 4) is 17.3 Å². The van der Waals surface area contributed by atoms with E-state index < -0.39 is 28.8 Å². The normalized spacial score (nSPS) is 11.9. The van der Waals surface area contributed by atoms with E-state index in [1.54, 1.807) is 48.5 Å². The Morgan fingerprint density at radius 3 is 1.97 bits per heavy atom. The van der Waals surface area contributed by atoms with Gasteiger partial charge in [-0.2, -0.15) is 27.2 Å². The van der Waals surface area contributed by atoms with Crippen molar-refractivity contribution in [2.45, 2.75) is 18.6 Å². The van der Waals surface area contributed by atoms with Crippen LogP contribution in [0.4, 0.5) is 22.0 Å². The third-order valence-electron chi connectivity index (χ3n) is 4.36. The fourth-order valence-corrected chi connectivity index (χ4v) is 2.93. The summed E-state index contributed by atoms with van der Waals surface area (Å²) in [5.74, 6) is -5.35. The number of halogens is 5. The van der Waals surface area contributed by atoms with Gasteiger partial charge >= 0.3 is 12.1 Å². The molecule has 0 fully saturated rings. The quantitative estimate of drug-likeness (QED) is 0.569. The van der Waals surface area contributed by atoms with Gasteiger partial charge in [0.2, 0.25) is 0 Å². The van der Waals surface area contributed by atoms with Gasteiger partial charge in [0, 0.05) is 0 Å². The third-order valence-corrected chi connectivity index (χ3v) is 4.36. The Bertz CT molecular complexity index is 1110. The SMILES string of the molecule is N#Cc1c(C(F)(F)C(F)(F)F)cc(-c2ccccc2)n(Cc2ccccc2)c1=O.